The fraction of sp³-hybridized carbons (Fsp3) is 0.227. The molecule has 4 aromatic rings. The number of aryl methyl sites for hydroxylation is 2. The van der Waals surface area contributed by atoms with Gasteiger partial charge in [0.25, 0.3) is 0 Å². The van der Waals surface area contributed by atoms with E-state index in [4.69, 9.17) is 4.98 Å². The molecule has 0 spiro atoms. The van der Waals surface area contributed by atoms with E-state index in [-0.39, 0.29) is 0 Å². The largest absolute Gasteiger partial charge is 0.338 e. The Hall–Kier alpha value is -2.99. The predicted molar refractivity (Wildman–Crippen MR) is 118 cm³/mol. The quantitative estimate of drug-likeness (QED) is 0.418. The molecule has 0 amide bonds. The second kappa shape index (κ2) is 7.56. The molecule has 0 atom stereocenters. The van der Waals surface area contributed by atoms with Crippen LogP contribution in [0.4, 0.5) is 22.3 Å². The number of nitrogens with one attached hydrogen (secondary N) is 2. The second-order valence-electron chi connectivity index (χ2n) is 7.19. The van der Waals surface area contributed by atoms with Gasteiger partial charge in [0.05, 0.1) is 0 Å². The molecule has 0 saturated carbocycles. The van der Waals surface area contributed by atoms with Crippen molar-refractivity contribution in [1.82, 2.24) is 15.0 Å². The number of anilines is 4. The van der Waals surface area contributed by atoms with Crippen molar-refractivity contribution in [3.05, 3.63) is 65.5 Å². The van der Waals surface area contributed by atoms with Gasteiger partial charge in [-0.1, -0.05) is 55.5 Å². The Morgan fingerprint density at radius 3 is 2.29 bits per heavy atom. The maximum absolute atomic E-state index is 4.75. The molecule has 0 radical (unpaired) electrons. The van der Waals surface area contributed by atoms with Crippen molar-refractivity contribution in [2.24, 2.45) is 0 Å². The first-order valence-electron chi connectivity index (χ1n) is 9.33. The molecule has 2 aromatic heterocycles. The molecule has 6 heteroatoms. The van der Waals surface area contributed by atoms with Gasteiger partial charge < -0.3 is 10.6 Å². The van der Waals surface area contributed by atoms with Crippen molar-refractivity contribution in [3.63, 3.8) is 0 Å². The normalized spacial score (nSPS) is 11.2. The first-order valence-corrected chi connectivity index (χ1v) is 10.1. The van der Waals surface area contributed by atoms with E-state index in [2.05, 4.69) is 90.8 Å². The van der Waals surface area contributed by atoms with Crippen LogP contribution in [0.5, 0.6) is 0 Å². The Balaban J connectivity index is 1.64. The summed E-state index contributed by atoms with van der Waals surface area (Å²) in [6.07, 6.45) is 1.58. The van der Waals surface area contributed by atoms with Gasteiger partial charge in [0, 0.05) is 11.4 Å². The molecule has 0 aliphatic carbocycles. The predicted octanol–water partition coefficient (Wildman–Crippen LogP) is 6.31. The van der Waals surface area contributed by atoms with Gasteiger partial charge in [-0.15, -0.1) is 0 Å². The SMILES string of the molecule is Cc1cccc(C)c1Nc1nc2c(Nc3ccc(C(C)C)cc3)ncnc2s1. The molecule has 0 aliphatic heterocycles. The summed E-state index contributed by atoms with van der Waals surface area (Å²) in [7, 11) is 0. The lowest BCUT2D eigenvalue weighted by molar-refractivity contribution is 0.867. The van der Waals surface area contributed by atoms with E-state index in [0.717, 1.165) is 26.9 Å². The zero-order chi connectivity index (χ0) is 19.7. The molecule has 0 saturated heterocycles. The fourth-order valence-electron chi connectivity index (χ4n) is 3.11. The van der Waals surface area contributed by atoms with Gasteiger partial charge in [0.1, 0.15) is 11.8 Å². The molecule has 2 N–H and O–H groups in total. The second-order valence-corrected chi connectivity index (χ2v) is 8.17. The standard InChI is InChI=1S/C22H23N5S/c1-13(2)16-8-10-17(11-9-16)25-20-19-21(24-12-23-20)28-22(27-19)26-18-14(3)6-5-7-15(18)4/h5-13H,1-4H3,(H,26,27)(H,23,24,25). The molecule has 0 unspecified atom stereocenters. The van der Waals surface area contributed by atoms with Gasteiger partial charge in [-0.2, -0.15) is 0 Å². The van der Waals surface area contributed by atoms with E-state index in [1.165, 1.54) is 28.0 Å². The third-order valence-electron chi connectivity index (χ3n) is 4.75. The highest BCUT2D eigenvalue weighted by atomic mass is 32.1. The number of hydrogen-bond acceptors (Lipinski definition) is 6. The minimum Gasteiger partial charge on any atom is -0.338 e. The van der Waals surface area contributed by atoms with Crippen LogP contribution in [-0.4, -0.2) is 15.0 Å². The third kappa shape index (κ3) is 3.68. The van der Waals surface area contributed by atoms with Crippen LogP contribution in [0.25, 0.3) is 10.3 Å². The number of rotatable bonds is 5. The Morgan fingerprint density at radius 1 is 0.893 bits per heavy atom. The van der Waals surface area contributed by atoms with Gasteiger partial charge in [0.15, 0.2) is 15.8 Å². The molecule has 28 heavy (non-hydrogen) atoms. The van der Waals surface area contributed by atoms with E-state index in [1.54, 1.807) is 6.33 Å². The number of thiazole rings is 1. The first kappa shape index (κ1) is 18.4. The minimum atomic E-state index is 0.511. The number of aromatic nitrogens is 3. The molecule has 0 aliphatic rings. The number of fused-ring (bicyclic) bond motifs is 1. The summed E-state index contributed by atoms with van der Waals surface area (Å²) < 4.78 is 0. The maximum Gasteiger partial charge on any atom is 0.189 e. The van der Waals surface area contributed by atoms with Gasteiger partial charge in [-0.05, 0) is 48.6 Å². The van der Waals surface area contributed by atoms with E-state index >= 15 is 0 Å². The highest BCUT2D eigenvalue weighted by Crippen LogP contribution is 2.33. The Labute approximate surface area is 168 Å². The average molecular weight is 390 g/mol. The van der Waals surface area contributed by atoms with E-state index < -0.39 is 0 Å². The third-order valence-corrected chi connectivity index (χ3v) is 5.63. The Kier molecular flexibility index (Phi) is 4.96. The molecule has 2 heterocycles. The van der Waals surface area contributed by atoms with Crippen molar-refractivity contribution in [2.45, 2.75) is 33.6 Å². The van der Waals surface area contributed by atoms with Crippen molar-refractivity contribution in [2.75, 3.05) is 10.6 Å². The minimum absolute atomic E-state index is 0.511. The van der Waals surface area contributed by atoms with Gasteiger partial charge in [-0.25, -0.2) is 15.0 Å². The van der Waals surface area contributed by atoms with Gasteiger partial charge in [-0.3, -0.25) is 0 Å². The van der Waals surface area contributed by atoms with Crippen LogP contribution in [0, 0.1) is 13.8 Å². The molecular weight excluding hydrogens is 366 g/mol. The summed E-state index contributed by atoms with van der Waals surface area (Å²) in [4.78, 5) is 14.4. The van der Waals surface area contributed by atoms with E-state index in [9.17, 15) is 0 Å². The summed E-state index contributed by atoms with van der Waals surface area (Å²) in [5, 5.41) is 7.64. The van der Waals surface area contributed by atoms with Crippen molar-refractivity contribution >= 4 is 44.0 Å². The fourth-order valence-corrected chi connectivity index (χ4v) is 3.92. The number of hydrogen-bond donors (Lipinski definition) is 2. The van der Waals surface area contributed by atoms with E-state index in [0.29, 0.717) is 11.7 Å². The molecule has 4 rings (SSSR count). The smallest absolute Gasteiger partial charge is 0.189 e. The van der Waals surface area contributed by atoms with Crippen LogP contribution in [0.1, 0.15) is 36.5 Å². The zero-order valence-corrected chi connectivity index (χ0v) is 17.3. The summed E-state index contributed by atoms with van der Waals surface area (Å²) in [5.41, 5.74) is 6.54. The van der Waals surface area contributed by atoms with Crippen LogP contribution in [0.3, 0.4) is 0 Å². The summed E-state index contributed by atoms with van der Waals surface area (Å²) >= 11 is 1.53. The van der Waals surface area contributed by atoms with Crippen molar-refractivity contribution in [1.29, 1.82) is 0 Å². The highest BCUT2D eigenvalue weighted by Gasteiger charge is 2.13. The molecule has 0 bridgehead atoms. The molecular formula is C22H23N5S. The lowest BCUT2D eigenvalue weighted by Crippen LogP contribution is -1.97. The van der Waals surface area contributed by atoms with Crippen LogP contribution in [0.15, 0.2) is 48.8 Å². The Morgan fingerprint density at radius 2 is 1.61 bits per heavy atom. The maximum atomic E-state index is 4.75. The topological polar surface area (TPSA) is 62.7 Å². The number of nitrogens with zero attached hydrogens (tertiary/aromatic N) is 3. The van der Waals surface area contributed by atoms with Crippen molar-refractivity contribution in [3.8, 4) is 0 Å². The summed E-state index contributed by atoms with van der Waals surface area (Å²) in [6, 6.07) is 14.7. The van der Waals surface area contributed by atoms with Crippen molar-refractivity contribution < 1.29 is 0 Å². The van der Waals surface area contributed by atoms with Crippen LogP contribution in [0.2, 0.25) is 0 Å². The molecule has 5 nitrogen and oxygen atoms in total. The molecule has 0 fully saturated rings. The molecule has 142 valence electrons. The monoisotopic (exact) mass is 389 g/mol. The summed E-state index contributed by atoms with van der Waals surface area (Å²) in [5.74, 6) is 1.23. The number of benzene rings is 2. The van der Waals surface area contributed by atoms with Gasteiger partial charge >= 0.3 is 0 Å². The van der Waals surface area contributed by atoms with Crippen LogP contribution >= 0.6 is 11.3 Å². The zero-order valence-electron chi connectivity index (χ0n) is 16.4. The van der Waals surface area contributed by atoms with E-state index in [1.807, 2.05) is 0 Å². The highest BCUT2D eigenvalue weighted by molar-refractivity contribution is 7.21. The Bertz CT molecular complexity index is 1100. The van der Waals surface area contributed by atoms with Crippen LogP contribution in [-0.2, 0) is 0 Å². The van der Waals surface area contributed by atoms with Crippen LogP contribution < -0.4 is 10.6 Å². The van der Waals surface area contributed by atoms with Gasteiger partial charge in [0.2, 0.25) is 0 Å². The lowest BCUT2D eigenvalue weighted by atomic mass is 10.0. The summed E-state index contributed by atoms with van der Waals surface area (Å²) in [6.45, 7) is 8.57. The molecule has 2 aromatic carbocycles. The lowest BCUT2D eigenvalue weighted by Gasteiger charge is -2.09. The average Bonchev–Trinajstić information content (AvgIpc) is 3.09. The first-order chi connectivity index (χ1) is 13.5. The number of para-hydroxylation sites is 1.